The molecule has 1 saturated heterocycles. The Morgan fingerprint density at radius 3 is 2.65 bits per heavy atom. The van der Waals surface area contributed by atoms with Gasteiger partial charge in [0, 0.05) is 22.8 Å². The van der Waals surface area contributed by atoms with Gasteiger partial charge in [-0.3, -0.25) is 10.1 Å². The van der Waals surface area contributed by atoms with Crippen molar-refractivity contribution in [3.8, 4) is 0 Å². The lowest BCUT2D eigenvalue weighted by Gasteiger charge is -2.27. The number of thiophene rings is 1. The van der Waals surface area contributed by atoms with Crippen molar-refractivity contribution in [2.24, 2.45) is 5.92 Å². The maximum Gasteiger partial charge on any atom is 0.320 e. The molecule has 2 fully saturated rings. The fraction of sp³-hybridized carbons (Fsp3) is 0.700. The van der Waals surface area contributed by atoms with Crippen molar-refractivity contribution >= 4 is 28.2 Å². The average molecular weight is 377 g/mol. The van der Waals surface area contributed by atoms with Crippen LogP contribution < -0.4 is 10.6 Å². The van der Waals surface area contributed by atoms with E-state index in [9.17, 15) is 9.59 Å². The zero-order valence-electron chi connectivity index (χ0n) is 15.8. The van der Waals surface area contributed by atoms with Gasteiger partial charge in [0.15, 0.2) is 5.78 Å². The number of hydrogen-bond acceptors (Lipinski definition) is 4. The molecular weight excluding hydrogens is 348 g/mol. The molecule has 142 valence electrons. The minimum atomic E-state index is -0.277. The highest BCUT2D eigenvalue weighted by Gasteiger charge is 2.41. The second-order valence-electron chi connectivity index (χ2n) is 8.49. The molecule has 6 heteroatoms. The number of urea groups is 1. The number of anilines is 1. The molecule has 5 nitrogen and oxygen atoms in total. The van der Waals surface area contributed by atoms with Crippen LogP contribution in [0.3, 0.4) is 0 Å². The molecule has 1 saturated carbocycles. The van der Waals surface area contributed by atoms with Crippen molar-refractivity contribution in [2.45, 2.75) is 83.5 Å². The molecule has 4 rings (SSSR count). The van der Waals surface area contributed by atoms with Crippen LogP contribution in [-0.4, -0.2) is 23.5 Å². The van der Waals surface area contributed by atoms with Crippen LogP contribution in [0.1, 0.15) is 86.2 Å². The van der Waals surface area contributed by atoms with E-state index < -0.39 is 0 Å². The average Bonchev–Trinajstić information content (AvgIpc) is 3.07. The second-order valence-corrected chi connectivity index (χ2v) is 9.54. The quantitative estimate of drug-likeness (QED) is 0.724. The number of amides is 2. The minimum absolute atomic E-state index is 0.104. The van der Waals surface area contributed by atoms with Gasteiger partial charge < -0.3 is 10.1 Å². The van der Waals surface area contributed by atoms with Gasteiger partial charge in [0.25, 0.3) is 0 Å². The first-order chi connectivity index (χ1) is 12.4. The predicted octanol–water partition coefficient (Wildman–Crippen LogP) is 4.82. The Morgan fingerprint density at radius 1 is 1.23 bits per heavy atom. The molecule has 2 bridgehead atoms. The van der Waals surface area contributed by atoms with Crippen LogP contribution in [0.2, 0.25) is 0 Å². The Morgan fingerprint density at radius 2 is 2.00 bits per heavy atom. The van der Waals surface area contributed by atoms with Crippen LogP contribution in [0.15, 0.2) is 0 Å². The van der Waals surface area contributed by atoms with E-state index >= 15 is 0 Å². The number of nitrogens with one attached hydrogen (secondary N) is 2. The first-order valence-electron chi connectivity index (χ1n) is 9.82. The van der Waals surface area contributed by atoms with Gasteiger partial charge in [0.2, 0.25) is 0 Å². The fourth-order valence-electron chi connectivity index (χ4n) is 3.98. The standard InChI is InChI=1S/C20H28N2O3S/c1-4-20(2,3)22-19(24)21-18-15(16(23)11-6-5-7-11)13-10-12-8-9-14(25-12)17(13)26-18/h11-12,14H,4-10H2,1-3H3,(H2,21,22,24). The van der Waals surface area contributed by atoms with E-state index in [4.69, 9.17) is 4.74 Å². The molecule has 26 heavy (non-hydrogen) atoms. The molecule has 2 aliphatic heterocycles. The monoisotopic (exact) mass is 376 g/mol. The molecule has 0 aromatic carbocycles. The molecule has 0 radical (unpaired) electrons. The van der Waals surface area contributed by atoms with Gasteiger partial charge in [-0.05, 0) is 51.5 Å². The van der Waals surface area contributed by atoms with E-state index in [2.05, 4.69) is 10.6 Å². The number of Topliss-reactive ketones (excluding diaryl/α,β-unsaturated/α-hetero) is 1. The van der Waals surface area contributed by atoms with Crippen molar-refractivity contribution in [3.63, 3.8) is 0 Å². The van der Waals surface area contributed by atoms with E-state index in [1.807, 2.05) is 20.8 Å². The van der Waals surface area contributed by atoms with Gasteiger partial charge in [-0.1, -0.05) is 13.3 Å². The Bertz CT molecular complexity index is 736. The Hall–Kier alpha value is -1.40. The zero-order valence-corrected chi connectivity index (χ0v) is 16.6. The number of ketones is 1. The largest absolute Gasteiger partial charge is 0.369 e. The third-order valence-corrected chi connectivity index (χ3v) is 7.39. The van der Waals surface area contributed by atoms with E-state index in [0.29, 0.717) is 5.00 Å². The smallest absolute Gasteiger partial charge is 0.320 e. The first kappa shape index (κ1) is 18.0. The van der Waals surface area contributed by atoms with Gasteiger partial charge in [-0.15, -0.1) is 11.3 Å². The van der Waals surface area contributed by atoms with Crippen LogP contribution in [-0.2, 0) is 11.2 Å². The van der Waals surface area contributed by atoms with Gasteiger partial charge in [-0.2, -0.15) is 0 Å². The maximum atomic E-state index is 13.1. The SMILES string of the molecule is CCC(C)(C)NC(=O)Nc1sc2c(c1C(=O)C1CCC1)CC1CCC2O1. The normalized spacial score (nSPS) is 24.7. The van der Waals surface area contributed by atoms with Crippen LogP contribution in [0.4, 0.5) is 9.80 Å². The summed E-state index contributed by atoms with van der Waals surface area (Å²) in [5.74, 6) is 0.352. The summed E-state index contributed by atoms with van der Waals surface area (Å²) < 4.78 is 6.05. The maximum absolute atomic E-state index is 13.1. The molecule has 3 aliphatic rings. The first-order valence-corrected chi connectivity index (χ1v) is 10.6. The minimum Gasteiger partial charge on any atom is -0.369 e. The number of carbonyl (C=O) groups is 2. The van der Waals surface area contributed by atoms with Crippen LogP contribution in [0.5, 0.6) is 0 Å². The summed E-state index contributed by atoms with van der Waals surface area (Å²) in [4.78, 5) is 26.8. The summed E-state index contributed by atoms with van der Waals surface area (Å²) in [5, 5.41) is 6.72. The summed E-state index contributed by atoms with van der Waals surface area (Å²) >= 11 is 1.55. The highest BCUT2D eigenvalue weighted by molar-refractivity contribution is 7.17. The van der Waals surface area contributed by atoms with E-state index in [-0.39, 0.29) is 35.5 Å². The van der Waals surface area contributed by atoms with Gasteiger partial charge in [0.1, 0.15) is 5.00 Å². The van der Waals surface area contributed by atoms with Gasteiger partial charge >= 0.3 is 6.03 Å². The lowest BCUT2D eigenvalue weighted by Crippen LogP contribution is -2.45. The Balaban J connectivity index is 1.64. The van der Waals surface area contributed by atoms with Crippen molar-refractivity contribution in [1.82, 2.24) is 5.32 Å². The summed E-state index contributed by atoms with van der Waals surface area (Å²) in [6.45, 7) is 6.04. The third kappa shape index (κ3) is 3.18. The summed E-state index contributed by atoms with van der Waals surface area (Å²) in [5.41, 5.74) is 1.65. The molecule has 1 aromatic heterocycles. The molecular formula is C20H28N2O3S. The van der Waals surface area contributed by atoms with Crippen LogP contribution >= 0.6 is 11.3 Å². The fourth-order valence-corrected chi connectivity index (χ4v) is 5.28. The Labute approximate surface area is 158 Å². The molecule has 2 atom stereocenters. The van der Waals surface area contributed by atoms with Gasteiger partial charge in [-0.25, -0.2) is 4.79 Å². The highest BCUT2D eigenvalue weighted by Crippen LogP contribution is 2.50. The molecule has 3 heterocycles. The summed E-state index contributed by atoms with van der Waals surface area (Å²) in [6, 6.07) is -0.232. The number of ether oxygens (including phenoxy) is 1. The lowest BCUT2D eigenvalue weighted by atomic mass is 9.79. The van der Waals surface area contributed by atoms with E-state index in [1.165, 1.54) is 0 Å². The number of hydrogen-bond donors (Lipinski definition) is 2. The number of rotatable bonds is 5. The van der Waals surface area contributed by atoms with E-state index in [0.717, 1.165) is 60.9 Å². The lowest BCUT2D eigenvalue weighted by molar-refractivity contribution is 0.0347. The molecule has 1 aromatic rings. The molecule has 2 N–H and O–H groups in total. The topological polar surface area (TPSA) is 67.4 Å². The predicted molar refractivity (Wildman–Crippen MR) is 103 cm³/mol. The summed E-state index contributed by atoms with van der Waals surface area (Å²) in [7, 11) is 0. The number of fused-ring (bicyclic) bond motifs is 4. The molecule has 2 amide bonds. The number of carbonyl (C=O) groups excluding carboxylic acids is 2. The second kappa shape index (κ2) is 6.64. The van der Waals surface area contributed by atoms with Crippen molar-refractivity contribution in [1.29, 1.82) is 0 Å². The third-order valence-electron chi connectivity index (χ3n) is 6.16. The van der Waals surface area contributed by atoms with Gasteiger partial charge in [0.05, 0.1) is 17.8 Å². The van der Waals surface area contributed by atoms with Crippen molar-refractivity contribution < 1.29 is 14.3 Å². The van der Waals surface area contributed by atoms with Crippen molar-refractivity contribution in [3.05, 3.63) is 16.0 Å². The molecule has 0 spiro atoms. The van der Waals surface area contributed by atoms with Crippen LogP contribution in [0, 0.1) is 5.92 Å². The Kier molecular flexibility index (Phi) is 4.59. The van der Waals surface area contributed by atoms with Crippen LogP contribution in [0.25, 0.3) is 0 Å². The molecule has 2 unspecified atom stereocenters. The summed E-state index contributed by atoms with van der Waals surface area (Å²) in [6.07, 6.45) is 7.14. The zero-order chi connectivity index (χ0) is 18.5. The van der Waals surface area contributed by atoms with Crippen molar-refractivity contribution in [2.75, 3.05) is 5.32 Å². The van der Waals surface area contributed by atoms with E-state index in [1.54, 1.807) is 11.3 Å². The molecule has 1 aliphatic carbocycles. The highest BCUT2D eigenvalue weighted by atomic mass is 32.1.